The van der Waals surface area contributed by atoms with E-state index in [9.17, 15) is 4.79 Å². The Balaban J connectivity index is 1.21. The lowest BCUT2D eigenvalue weighted by molar-refractivity contribution is -0.130. The maximum atomic E-state index is 12.8. The normalized spacial score (nSPS) is 17.5. The largest absolute Gasteiger partial charge is 0.362 e. The molecule has 27 heavy (non-hydrogen) atoms. The molecule has 1 saturated heterocycles. The molecule has 1 N–H and O–H groups in total. The average molecular weight is 360 g/mol. The van der Waals surface area contributed by atoms with Crippen LogP contribution in [0.1, 0.15) is 30.1 Å². The highest BCUT2D eigenvalue weighted by molar-refractivity contribution is 5.82. The van der Waals surface area contributed by atoms with Gasteiger partial charge in [0.1, 0.15) is 5.82 Å². The second-order valence-electron chi connectivity index (χ2n) is 7.59. The van der Waals surface area contributed by atoms with Gasteiger partial charge in [-0.3, -0.25) is 4.79 Å². The number of anilines is 1. The molecule has 5 nitrogen and oxygen atoms in total. The number of H-pyrrole nitrogens is 1. The molecular formula is C22H24N4O. The maximum absolute atomic E-state index is 12.8. The summed E-state index contributed by atoms with van der Waals surface area (Å²) in [7, 11) is 0. The molecule has 1 fully saturated rings. The molecular weight excluding hydrogens is 336 g/mol. The van der Waals surface area contributed by atoms with Gasteiger partial charge >= 0.3 is 0 Å². The number of hydrogen-bond donors (Lipinski definition) is 1. The molecule has 0 atom stereocenters. The summed E-state index contributed by atoms with van der Waals surface area (Å²) in [6.07, 6.45) is 2.99. The molecule has 2 aromatic carbocycles. The van der Waals surface area contributed by atoms with Crippen molar-refractivity contribution >= 4 is 22.6 Å². The van der Waals surface area contributed by atoms with Gasteiger partial charge in [-0.1, -0.05) is 30.3 Å². The summed E-state index contributed by atoms with van der Waals surface area (Å²) in [5, 5.41) is 0. The van der Waals surface area contributed by atoms with Crippen molar-refractivity contribution in [3.63, 3.8) is 0 Å². The Morgan fingerprint density at radius 2 is 1.81 bits per heavy atom. The van der Waals surface area contributed by atoms with Crippen LogP contribution in [0.2, 0.25) is 0 Å². The SMILES string of the molecule is O=C(CN1CCc2ccccc21)N1CCC(c2nc3ccccc3[nH]2)CC1. The number of nitrogens with one attached hydrogen (secondary N) is 1. The van der Waals surface area contributed by atoms with Gasteiger partial charge in [-0.25, -0.2) is 4.98 Å². The minimum Gasteiger partial charge on any atom is -0.362 e. The Morgan fingerprint density at radius 1 is 1.04 bits per heavy atom. The Bertz CT molecular complexity index is 938. The first-order valence-electron chi connectivity index (χ1n) is 9.83. The van der Waals surface area contributed by atoms with Crippen LogP contribution >= 0.6 is 0 Å². The highest BCUT2D eigenvalue weighted by Crippen LogP contribution is 2.29. The van der Waals surface area contributed by atoms with Gasteiger partial charge < -0.3 is 14.8 Å². The first kappa shape index (κ1) is 16.4. The molecule has 0 unspecified atom stereocenters. The third-order valence-corrected chi connectivity index (χ3v) is 5.95. The molecule has 0 aliphatic carbocycles. The summed E-state index contributed by atoms with van der Waals surface area (Å²) >= 11 is 0. The van der Waals surface area contributed by atoms with Crippen LogP contribution in [-0.4, -0.2) is 47.0 Å². The zero-order chi connectivity index (χ0) is 18.2. The molecule has 3 heterocycles. The molecule has 0 bridgehead atoms. The van der Waals surface area contributed by atoms with Crippen molar-refractivity contribution in [2.24, 2.45) is 0 Å². The van der Waals surface area contributed by atoms with Crippen LogP contribution in [0.15, 0.2) is 48.5 Å². The van der Waals surface area contributed by atoms with E-state index in [2.05, 4.69) is 40.2 Å². The molecule has 3 aromatic rings. The molecule has 2 aliphatic heterocycles. The van der Waals surface area contributed by atoms with Crippen LogP contribution in [0.5, 0.6) is 0 Å². The molecule has 2 aliphatic rings. The van der Waals surface area contributed by atoms with Gasteiger partial charge in [-0.05, 0) is 43.0 Å². The number of carbonyl (C=O) groups excluding carboxylic acids is 1. The lowest BCUT2D eigenvalue weighted by Crippen LogP contribution is -2.43. The number of aromatic nitrogens is 2. The van der Waals surface area contributed by atoms with Crippen LogP contribution in [0.25, 0.3) is 11.0 Å². The number of likely N-dealkylation sites (tertiary alicyclic amines) is 1. The first-order valence-corrected chi connectivity index (χ1v) is 9.83. The molecule has 0 saturated carbocycles. The predicted octanol–water partition coefficient (Wildman–Crippen LogP) is 3.33. The van der Waals surface area contributed by atoms with E-state index in [1.165, 1.54) is 11.3 Å². The molecule has 1 amide bonds. The number of aromatic amines is 1. The second-order valence-corrected chi connectivity index (χ2v) is 7.59. The average Bonchev–Trinajstić information content (AvgIpc) is 3.32. The highest BCUT2D eigenvalue weighted by Gasteiger charge is 2.28. The van der Waals surface area contributed by atoms with Crippen LogP contribution in [0, 0.1) is 0 Å². The van der Waals surface area contributed by atoms with Crippen molar-refractivity contribution in [3.8, 4) is 0 Å². The van der Waals surface area contributed by atoms with Crippen molar-refractivity contribution in [1.82, 2.24) is 14.9 Å². The predicted molar refractivity (Wildman–Crippen MR) is 107 cm³/mol. The van der Waals surface area contributed by atoms with Crippen LogP contribution in [-0.2, 0) is 11.2 Å². The fourth-order valence-corrected chi connectivity index (χ4v) is 4.40. The summed E-state index contributed by atoms with van der Waals surface area (Å²) in [6.45, 7) is 3.07. The molecule has 0 radical (unpaired) electrons. The summed E-state index contributed by atoms with van der Waals surface area (Å²) in [4.78, 5) is 25.3. The minimum atomic E-state index is 0.245. The van der Waals surface area contributed by atoms with Crippen molar-refractivity contribution < 1.29 is 4.79 Å². The number of hydrogen-bond acceptors (Lipinski definition) is 3. The summed E-state index contributed by atoms with van der Waals surface area (Å²) in [5.74, 6) is 1.72. The number of rotatable bonds is 3. The molecule has 5 rings (SSSR count). The van der Waals surface area contributed by atoms with Gasteiger partial charge in [0.15, 0.2) is 0 Å². The third kappa shape index (κ3) is 3.07. The zero-order valence-electron chi connectivity index (χ0n) is 15.4. The number of carbonyl (C=O) groups is 1. The Labute approximate surface area is 159 Å². The van der Waals surface area contributed by atoms with Gasteiger partial charge in [-0.2, -0.15) is 0 Å². The van der Waals surface area contributed by atoms with Crippen molar-refractivity contribution in [2.45, 2.75) is 25.2 Å². The van der Waals surface area contributed by atoms with Gasteiger partial charge in [0, 0.05) is 31.2 Å². The smallest absolute Gasteiger partial charge is 0.242 e. The van der Waals surface area contributed by atoms with E-state index in [1.807, 2.05) is 23.1 Å². The van der Waals surface area contributed by atoms with E-state index in [0.717, 1.165) is 55.8 Å². The molecule has 138 valence electrons. The quantitative estimate of drug-likeness (QED) is 0.779. The third-order valence-electron chi connectivity index (χ3n) is 5.95. The standard InChI is InChI=1S/C22H24N4O/c27-21(15-26-14-9-16-5-1-4-8-20(16)26)25-12-10-17(11-13-25)22-23-18-6-2-3-7-19(18)24-22/h1-8,17H,9-15H2,(H,23,24). The molecule has 5 heteroatoms. The van der Waals surface area contributed by atoms with Crippen LogP contribution in [0.3, 0.4) is 0 Å². The Kier molecular flexibility index (Phi) is 4.07. The first-order chi connectivity index (χ1) is 13.3. The van der Waals surface area contributed by atoms with E-state index in [0.29, 0.717) is 12.5 Å². The number of para-hydroxylation sites is 3. The lowest BCUT2D eigenvalue weighted by Gasteiger charge is -2.32. The van der Waals surface area contributed by atoms with Crippen LogP contribution < -0.4 is 4.90 Å². The number of nitrogens with zero attached hydrogens (tertiary/aromatic N) is 3. The van der Waals surface area contributed by atoms with Crippen molar-refractivity contribution in [3.05, 3.63) is 59.9 Å². The van der Waals surface area contributed by atoms with Crippen LogP contribution in [0.4, 0.5) is 5.69 Å². The van der Waals surface area contributed by atoms with E-state index in [-0.39, 0.29) is 5.91 Å². The lowest BCUT2D eigenvalue weighted by atomic mass is 9.96. The monoisotopic (exact) mass is 360 g/mol. The van der Waals surface area contributed by atoms with Crippen molar-refractivity contribution in [1.29, 1.82) is 0 Å². The van der Waals surface area contributed by atoms with E-state index in [4.69, 9.17) is 4.98 Å². The molecule has 0 spiro atoms. The fraction of sp³-hybridized carbons (Fsp3) is 0.364. The Morgan fingerprint density at radius 3 is 2.67 bits per heavy atom. The van der Waals surface area contributed by atoms with Gasteiger partial charge in [-0.15, -0.1) is 0 Å². The summed E-state index contributed by atoms with van der Waals surface area (Å²) in [6, 6.07) is 16.6. The molecule has 1 aromatic heterocycles. The minimum absolute atomic E-state index is 0.245. The second kappa shape index (κ2) is 6.72. The zero-order valence-corrected chi connectivity index (χ0v) is 15.4. The highest BCUT2D eigenvalue weighted by atomic mass is 16.2. The number of benzene rings is 2. The maximum Gasteiger partial charge on any atom is 0.242 e. The fourth-order valence-electron chi connectivity index (χ4n) is 4.40. The number of fused-ring (bicyclic) bond motifs is 2. The Hall–Kier alpha value is -2.82. The summed E-state index contributed by atoms with van der Waals surface area (Å²) < 4.78 is 0. The van der Waals surface area contributed by atoms with E-state index < -0.39 is 0 Å². The number of imidazole rings is 1. The van der Waals surface area contributed by atoms with E-state index >= 15 is 0 Å². The van der Waals surface area contributed by atoms with Crippen molar-refractivity contribution in [2.75, 3.05) is 31.1 Å². The van der Waals surface area contributed by atoms with Gasteiger partial charge in [0.25, 0.3) is 0 Å². The van der Waals surface area contributed by atoms with Gasteiger partial charge in [0.05, 0.1) is 17.6 Å². The number of piperidine rings is 1. The van der Waals surface area contributed by atoms with Gasteiger partial charge in [0.2, 0.25) is 5.91 Å². The topological polar surface area (TPSA) is 52.2 Å². The van der Waals surface area contributed by atoms with E-state index in [1.54, 1.807) is 0 Å². The summed E-state index contributed by atoms with van der Waals surface area (Å²) in [5.41, 5.74) is 4.70. The number of amides is 1.